The van der Waals surface area contributed by atoms with E-state index in [0.717, 1.165) is 55.4 Å². The van der Waals surface area contributed by atoms with E-state index in [0.29, 0.717) is 0 Å². The number of aliphatic hydroxyl groups excluding tert-OH is 1. The highest BCUT2D eigenvalue weighted by atomic mass is 16.3. The van der Waals surface area contributed by atoms with Gasteiger partial charge in [0, 0.05) is 63.9 Å². The fraction of sp³-hybridized carbons (Fsp3) is 0.438. The Balaban J connectivity index is 1.65. The lowest BCUT2D eigenvalue weighted by Gasteiger charge is -2.35. The molecule has 1 saturated heterocycles. The molecule has 3 aromatic heterocycles. The summed E-state index contributed by atoms with van der Waals surface area (Å²) in [5.41, 5.74) is 2.87. The number of rotatable bonds is 4. The van der Waals surface area contributed by atoms with Crippen molar-refractivity contribution in [2.75, 3.05) is 44.2 Å². The van der Waals surface area contributed by atoms with Crippen molar-refractivity contribution >= 4 is 11.5 Å². The molecule has 4 heterocycles. The zero-order chi connectivity index (χ0) is 16.5. The lowest BCUT2D eigenvalue weighted by Crippen LogP contribution is -2.47. The van der Waals surface area contributed by atoms with Crippen molar-refractivity contribution in [2.45, 2.75) is 0 Å². The molecule has 0 atom stereocenters. The van der Waals surface area contributed by atoms with Crippen LogP contribution < -0.4 is 4.90 Å². The van der Waals surface area contributed by atoms with Crippen molar-refractivity contribution in [3.8, 4) is 11.3 Å². The van der Waals surface area contributed by atoms with Crippen molar-refractivity contribution in [2.24, 2.45) is 7.05 Å². The molecule has 0 amide bonds. The van der Waals surface area contributed by atoms with Crippen LogP contribution in [0, 0.1) is 0 Å². The van der Waals surface area contributed by atoms with Gasteiger partial charge < -0.3 is 10.0 Å². The highest BCUT2D eigenvalue weighted by molar-refractivity contribution is 5.70. The van der Waals surface area contributed by atoms with Gasteiger partial charge in [-0.1, -0.05) is 0 Å². The van der Waals surface area contributed by atoms with Crippen LogP contribution in [-0.2, 0) is 7.05 Å². The van der Waals surface area contributed by atoms with Crippen LogP contribution in [-0.4, -0.2) is 73.5 Å². The van der Waals surface area contributed by atoms with Gasteiger partial charge in [-0.05, 0) is 0 Å². The summed E-state index contributed by atoms with van der Waals surface area (Å²) in [6.07, 6.45) is 9.47. The molecule has 126 valence electrons. The van der Waals surface area contributed by atoms with E-state index in [1.54, 1.807) is 4.68 Å². The molecule has 1 fully saturated rings. The van der Waals surface area contributed by atoms with E-state index in [4.69, 9.17) is 10.1 Å². The predicted octanol–water partition coefficient (Wildman–Crippen LogP) is 0.244. The minimum Gasteiger partial charge on any atom is -0.395 e. The topological polar surface area (TPSA) is 74.7 Å². The molecule has 0 aromatic carbocycles. The zero-order valence-electron chi connectivity index (χ0n) is 13.7. The second kappa shape index (κ2) is 6.21. The Labute approximate surface area is 140 Å². The number of hydrogen-bond acceptors (Lipinski definition) is 6. The molecule has 0 saturated carbocycles. The van der Waals surface area contributed by atoms with Gasteiger partial charge in [-0.3, -0.25) is 14.0 Å². The standard InChI is InChI=1S/C16H21N7O/c1-20-12-13(10-19-20)14-11-18-15(16-17-2-3-23(14)16)22-6-4-21(5-7-22)8-9-24/h2-3,10-12,24H,4-9H2,1H3. The first kappa shape index (κ1) is 15.1. The number of aliphatic hydroxyl groups is 1. The Bertz CT molecular complexity index is 832. The molecule has 0 aliphatic carbocycles. The fourth-order valence-electron chi connectivity index (χ4n) is 3.22. The van der Waals surface area contributed by atoms with Crippen LogP contribution in [0.5, 0.6) is 0 Å². The minimum atomic E-state index is 0.211. The zero-order valence-corrected chi connectivity index (χ0v) is 13.7. The van der Waals surface area contributed by atoms with E-state index in [1.807, 2.05) is 38.0 Å². The summed E-state index contributed by atoms with van der Waals surface area (Å²) in [7, 11) is 1.91. The molecule has 1 aliphatic rings. The number of aryl methyl sites for hydroxylation is 1. The summed E-state index contributed by atoms with van der Waals surface area (Å²) in [5, 5.41) is 13.3. The fourth-order valence-corrected chi connectivity index (χ4v) is 3.22. The molecule has 0 bridgehead atoms. The molecule has 8 heteroatoms. The molecule has 0 spiro atoms. The van der Waals surface area contributed by atoms with Crippen LogP contribution in [0.2, 0.25) is 0 Å². The van der Waals surface area contributed by atoms with Gasteiger partial charge in [0.2, 0.25) is 0 Å². The summed E-state index contributed by atoms with van der Waals surface area (Å²) in [5.74, 6) is 0.913. The SMILES string of the molecule is Cn1cc(-c2cnc(N3CCN(CCO)CC3)c3nccn23)cn1. The molecule has 0 unspecified atom stereocenters. The van der Waals surface area contributed by atoms with Crippen molar-refractivity contribution < 1.29 is 5.11 Å². The first-order valence-corrected chi connectivity index (χ1v) is 8.15. The van der Waals surface area contributed by atoms with Crippen LogP contribution >= 0.6 is 0 Å². The number of aromatic nitrogens is 5. The lowest BCUT2D eigenvalue weighted by atomic mass is 10.2. The summed E-state index contributed by atoms with van der Waals surface area (Å²) < 4.78 is 3.85. The second-order valence-electron chi connectivity index (χ2n) is 6.04. The number of hydrogen-bond donors (Lipinski definition) is 1. The molecular formula is C16H21N7O. The van der Waals surface area contributed by atoms with Gasteiger partial charge in [0.25, 0.3) is 0 Å². The van der Waals surface area contributed by atoms with Crippen molar-refractivity contribution in [1.29, 1.82) is 0 Å². The van der Waals surface area contributed by atoms with Crippen molar-refractivity contribution in [3.05, 3.63) is 31.0 Å². The van der Waals surface area contributed by atoms with Gasteiger partial charge in [0.05, 0.1) is 24.7 Å². The molecule has 8 nitrogen and oxygen atoms in total. The maximum Gasteiger partial charge on any atom is 0.180 e. The molecular weight excluding hydrogens is 306 g/mol. The van der Waals surface area contributed by atoms with Gasteiger partial charge in [0.1, 0.15) is 0 Å². The quantitative estimate of drug-likeness (QED) is 0.740. The molecule has 0 radical (unpaired) electrons. The molecule has 1 N–H and O–H groups in total. The predicted molar refractivity (Wildman–Crippen MR) is 90.9 cm³/mol. The summed E-state index contributed by atoms with van der Waals surface area (Å²) in [6, 6.07) is 0. The van der Waals surface area contributed by atoms with E-state index in [2.05, 4.69) is 24.3 Å². The van der Waals surface area contributed by atoms with Crippen LogP contribution in [0.15, 0.2) is 31.0 Å². The van der Waals surface area contributed by atoms with E-state index < -0.39 is 0 Å². The number of nitrogens with zero attached hydrogens (tertiary/aromatic N) is 7. The third-order valence-electron chi connectivity index (χ3n) is 4.50. The number of imidazole rings is 1. The number of fused-ring (bicyclic) bond motifs is 1. The number of anilines is 1. The first-order chi connectivity index (χ1) is 11.8. The molecule has 24 heavy (non-hydrogen) atoms. The van der Waals surface area contributed by atoms with Gasteiger partial charge in [-0.2, -0.15) is 5.10 Å². The summed E-state index contributed by atoms with van der Waals surface area (Å²) in [6.45, 7) is 4.59. The number of β-amino-alcohol motifs (C(OH)–C–C–N with tert-alkyl or cyclic N) is 1. The Morgan fingerprint density at radius 3 is 2.67 bits per heavy atom. The monoisotopic (exact) mass is 327 g/mol. The Kier molecular flexibility index (Phi) is 3.91. The first-order valence-electron chi connectivity index (χ1n) is 8.15. The normalized spacial score (nSPS) is 16.2. The van der Waals surface area contributed by atoms with E-state index in [1.165, 1.54) is 0 Å². The Hall–Kier alpha value is -2.45. The maximum absolute atomic E-state index is 9.07. The molecule has 3 aromatic rings. The van der Waals surface area contributed by atoms with Crippen molar-refractivity contribution in [1.82, 2.24) is 29.0 Å². The molecule has 4 rings (SSSR count). The summed E-state index contributed by atoms with van der Waals surface area (Å²) >= 11 is 0. The summed E-state index contributed by atoms with van der Waals surface area (Å²) in [4.78, 5) is 13.8. The highest BCUT2D eigenvalue weighted by Crippen LogP contribution is 2.25. The smallest absolute Gasteiger partial charge is 0.180 e. The van der Waals surface area contributed by atoms with Gasteiger partial charge in [0.15, 0.2) is 11.5 Å². The second-order valence-corrected chi connectivity index (χ2v) is 6.04. The van der Waals surface area contributed by atoms with Crippen molar-refractivity contribution in [3.63, 3.8) is 0 Å². The van der Waals surface area contributed by atoms with Crippen LogP contribution in [0.25, 0.3) is 16.9 Å². The third kappa shape index (κ3) is 2.63. The van der Waals surface area contributed by atoms with Gasteiger partial charge in [-0.25, -0.2) is 9.97 Å². The third-order valence-corrected chi connectivity index (χ3v) is 4.50. The van der Waals surface area contributed by atoms with Gasteiger partial charge >= 0.3 is 0 Å². The maximum atomic E-state index is 9.07. The van der Waals surface area contributed by atoms with Crippen LogP contribution in [0.4, 0.5) is 5.82 Å². The Morgan fingerprint density at radius 1 is 1.12 bits per heavy atom. The molecule has 1 aliphatic heterocycles. The van der Waals surface area contributed by atoms with Crippen LogP contribution in [0.1, 0.15) is 0 Å². The lowest BCUT2D eigenvalue weighted by molar-refractivity contribution is 0.188. The van der Waals surface area contributed by atoms with Crippen LogP contribution in [0.3, 0.4) is 0 Å². The number of piperazine rings is 1. The largest absolute Gasteiger partial charge is 0.395 e. The average Bonchev–Trinajstić information content (AvgIpc) is 3.24. The van der Waals surface area contributed by atoms with Gasteiger partial charge in [-0.15, -0.1) is 0 Å². The average molecular weight is 327 g/mol. The minimum absolute atomic E-state index is 0.211. The van der Waals surface area contributed by atoms with E-state index in [9.17, 15) is 0 Å². The highest BCUT2D eigenvalue weighted by Gasteiger charge is 2.21. The van der Waals surface area contributed by atoms with E-state index >= 15 is 0 Å². The van der Waals surface area contributed by atoms with E-state index in [-0.39, 0.29) is 6.61 Å². The Morgan fingerprint density at radius 2 is 1.96 bits per heavy atom.